The number of carbonyl (C=O) groups is 1. The van der Waals surface area contributed by atoms with Crippen LogP contribution in [0.3, 0.4) is 0 Å². The zero-order valence-electron chi connectivity index (χ0n) is 14.1. The van der Waals surface area contributed by atoms with Gasteiger partial charge >= 0.3 is 6.18 Å². The molecule has 1 aromatic rings. The number of fused-ring (bicyclic) bond motifs is 1. The standard InChI is InChI=1S/C18H21F3N4O/c19-18(20,21)13-3-1-2-12(8-13)14-10-23-25-15(9-16(26)24-17(14)25)11-4-6-22-7-5-11/h1-3,8-9,11,14,17,22-23H,4-7,10H2,(H,24,26). The van der Waals surface area contributed by atoms with Crippen LogP contribution in [-0.2, 0) is 11.0 Å². The van der Waals surface area contributed by atoms with E-state index in [0.29, 0.717) is 12.1 Å². The van der Waals surface area contributed by atoms with Gasteiger partial charge in [-0.3, -0.25) is 9.80 Å². The number of hydrogen-bond donors (Lipinski definition) is 3. The smallest absolute Gasteiger partial charge is 0.330 e. The van der Waals surface area contributed by atoms with Crippen molar-refractivity contribution in [2.75, 3.05) is 19.6 Å². The second-order valence-electron chi connectivity index (χ2n) is 7.01. The molecule has 2 unspecified atom stereocenters. The summed E-state index contributed by atoms with van der Waals surface area (Å²) in [4.78, 5) is 12.2. The van der Waals surface area contributed by atoms with Crippen molar-refractivity contribution in [2.45, 2.75) is 31.1 Å². The predicted molar refractivity (Wildman–Crippen MR) is 89.6 cm³/mol. The lowest BCUT2D eigenvalue weighted by atomic mass is 9.90. The second-order valence-corrected chi connectivity index (χ2v) is 7.01. The summed E-state index contributed by atoms with van der Waals surface area (Å²) in [5.74, 6) is -0.148. The van der Waals surface area contributed by atoms with Crippen molar-refractivity contribution >= 4 is 5.91 Å². The number of piperidine rings is 1. The fourth-order valence-electron chi connectivity index (χ4n) is 4.07. The van der Waals surface area contributed by atoms with E-state index in [-0.39, 0.29) is 23.9 Å². The van der Waals surface area contributed by atoms with Gasteiger partial charge in [0.15, 0.2) is 0 Å². The van der Waals surface area contributed by atoms with Crippen LogP contribution in [0.15, 0.2) is 36.0 Å². The molecule has 0 spiro atoms. The van der Waals surface area contributed by atoms with Gasteiger partial charge in [0, 0.05) is 30.2 Å². The highest BCUT2D eigenvalue weighted by Gasteiger charge is 2.42. The van der Waals surface area contributed by atoms with E-state index in [4.69, 9.17) is 0 Å². The molecule has 4 rings (SSSR count). The Balaban J connectivity index is 1.61. The summed E-state index contributed by atoms with van der Waals surface area (Å²) in [7, 11) is 0. The van der Waals surface area contributed by atoms with Gasteiger partial charge in [-0.05, 0) is 37.6 Å². The molecule has 0 radical (unpaired) electrons. The molecular formula is C18H21F3N4O. The van der Waals surface area contributed by atoms with Gasteiger partial charge in [0.1, 0.15) is 6.17 Å². The molecule has 0 saturated carbocycles. The Morgan fingerprint density at radius 2 is 1.92 bits per heavy atom. The molecule has 0 bridgehead atoms. The molecule has 3 N–H and O–H groups in total. The Bertz CT molecular complexity index is 727. The molecule has 26 heavy (non-hydrogen) atoms. The van der Waals surface area contributed by atoms with Crippen molar-refractivity contribution in [3.8, 4) is 0 Å². The SMILES string of the molecule is O=C1C=C(C2CCNCC2)N2NCC(c3cccc(C(F)(F)F)c3)C2N1. The number of nitrogens with zero attached hydrogens (tertiary/aromatic N) is 1. The minimum absolute atomic E-state index is 0.180. The molecule has 3 aliphatic rings. The quantitative estimate of drug-likeness (QED) is 0.749. The zero-order valence-corrected chi connectivity index (χ0v) is 14.1. The Labute approximate surface area is 149 Å². The maximum absolute atomic E-state index is 13.0. The minimum atomic E-state index is -4.38. The van der Waals surface area contributed by atoms with E-state index in [1.165, 1.54) is 12.1 Å². The van der Waals surface area contributed by atoms with Crippen molar-refractivity contribution in [2.24, 2.45) is 5.92 Å². The van der Waals surface area contributed by atoms with Gasteiger partial charge in [-0.15, -0.1) is 0 Å². The number of hydrazine groups is 1. The third-order valence-electron chi connectivity index (χ3n) is 5.39. The lowest BCUT2D eigenvalue weighted by molar-refractivity contribution is -0.137. The number of alkyl halides is 3. The topological polar surface area (TPSA) is 56.4 Å². The lowest BCUT2D eigenvalue weighted by Gasteiger charge is -2.39. The first kappa shape index (κ1) is 17.4. The van der Waals surface area contributed by atoms with E-state index in [1.54, 1.807) is 12.1 Å². The molecule has 0 aliphatic carbocycles. The largest absolute Gasteiger partial charge is 0.416 e. The minimum Gasteiger partial charge on any atom is -0.330 e. The number of carbonyl (C=O) groups excluding carboxylic acids is 1. The first-order valence-corrected chi connectivity index (χ1v) is 8.86. The van der Waals surface area contributed by atoms with Crippen LogP contribution in [0.2, 0.25) is 0 Å². The summed E-state index contributed by atoms with van der Waals surface area (Å²) >= 11 is 0. The molecule has 5 nitrogen and oxygen atoms in total. The normalized spacial score (nSPS) is 27.1. The van der Waals surface area contributed by atoms with E-state index < -0.39 is 11.7 Å². The highest BCUT2D eigenvalue weighted by Crippen LogP contribution is 2.37. The molecular weight excluding hydrogens is 345 g/mol. The van der Waals surface area contributed by atoms with Gasteiger partial charge in [0.05, 0.1) is 5.56 Å². The van der Waals surface area contributed by atoms with Gasteiger partial charge in [0.2, 0.25) is 5.91 Å². The van der Waals surface area contributed by atoms with Crippen LogP contribution in [0.25, 0.3) is 0 Å². The summed E-state index contributed by atoms with van der Waals surface area (Å²) < 4.78 is 39.1. The fraction of sp³-hybridized carbons (Fsp3) is 0.500. The molecule has 3 aliphatic heterocycles. The Morgan fingerprint density at radius 3 is 2.65 bits per heavy atom. The molecule has 1 amide bonds. The van der Waals surface area contributed by atoms with Crippen LogP contribution in [0.4, 0.5) is 13.2 Å². The van der Waals surface area contributed by atoms with Gasteiger partial charge in [-0.2, -0.15) is 13.2 Å². The number of nitrogens with one attached hydrogen (secondary N) is 3. The molecule has 2 saturated heterocycles. The van der Waals surface area contributed by atoms with Crippen LogP contribution in [0, 0.1) is 5.92 Å². The number of amides is 1. The maximum Gasteiger partial charge on any atom is 0.416 e. The number of hydrogen-bond acceptors (Lipinski definition) is 4. The lowest BCUT2D eigenvalue weighted by Crippen LogP contribution is -2.53. The van der Waals surface area contributed by atoms with Crippen LogP contribution in [0.1, 0.15) is 29.9 Å². The number of benzene rings is 1. The monoisotopic (exact) mass is 366 g/mol. The van der Waals surface area contributed by atoms with Crippen molar-refractivity contribution < 1.29 is 18.0 Å². The molecule has 2 fully saturated rings. The predicted octanol–water partition coefficient (Wildman–Crippen LogP) is 1.95. The molecule has 140 valence electrons. The van der Waals surface area contributed by atoms with Crippen molar-refractivity contribution in [3.63, 3.8) is 0 Å². The summed E-state index contributed by atoms with van der Waals surface area (Å²) in [5.41, 5.74) is 4.13. The second kappa shape index (κ2) is 6.59. The number of allylic oxidation sites excluding steroid dienone is 1. The van der Waals surface area contributed by atoms with Crippen LogP contribution in [0.5, 0.6) is 0 Å². The molecule has 0 aromatic heterocycles. The van der Waals surface area contributed by atoms with E-state index >= 15 is 0 Å². The summed E-state index contributed by atoms with van der Waals surface area (Å²) in [6.07, 6.45) is -1.25. The van der Waals surface area contributed by atoms with Crippen molar-refractivity contribution in [1.29, 1.82) is 0 Å². The van der Waals surface area contributed by atoms with Gasteiger partial charge in [-0.1, -0.05) is 18.2 Å². The maximum atomic E-state index is 13.0. The fourth-order valence-corrected chi connectivity index (χ4v) is 4.07. The Morgan fingerprint density at radius 1 is 1.15 bits per heavy atom. The van der Waals surface area contributed by atoms with E-state index in [9.17, 15) is 18.0 Å². The van der Waals surface area contributed by atoms with E-state index in [2.05, 4.69) is 16.1 Å². The van der Waals surface area contributed by atoms with Gasteiger partial charge < -0.3 is 10.6 Å². The Kier molecular flexibility index (Phi) is 4.40. The van der Waals surface area contributed by atoms with Gasteiger partial charge in [0.25, 0.3) is 0 Å². The van der Waals surface area contributed by atoms with Crippen molar-refractivity contribution in [3.05, 3.63) is 47.2 Å². The first-order valence-electron chi connectivity index (χ1n) is 8.86. The number of halogens is 3. The molecule has 8 heteroatoms. The van der Waals surface area contributed by atoms with Crippen LogP contribution < -0.4 is 16.1 Å². The average Bonchev–Trinajstić information content (AvgIpc) is 3.05. The van der Waals surface area contributed by atoms with Gasteiger partial charge in [-0.25, -0.2) is 5.43 Å². The average molecular weight is 366 g/mol. The molecule has 1 aromatic carbocycles. The molecule has 3 heterocycles. The van der Waals surface area contributed by atoms with E-state index in [0.717, 1.165) is 37.7 Å². The third-order valence-corrected chi connectivity index (χ3v) is 5.39. The van der Waals surface area contributed by atoms with E-state index in [1.807, 2.05) is 5.01 Å². The summed E-state index contributed by atoms with van der Waals surface area (Å²) in [6, 6.07) is 5.38. The highest BCUT2D eigenvalue weighted by molar-refractivity contribution is 5.89. The van der Waals surface area contributed by atoms with Crippen LogP contribution in [-0.4, -0.2) is 36.7 Å². The Hall–Kier alpha value is -2.06. The highest BCUT2D eigenvalue weighted by atomic mass is 19.4. The summed E-state index contributed by atoms with van der Waals surface area (Å²) in [5, 5.41) is 8.16. The first-order chi connectivity index (χ1) is 12.4. The molecule has 2 atom stereocenters. The van der Waals surface area contributed by atoms with Crippen LogP contribution >= 0.6 is 0 Å². The zero-order chi connectivity index (χ0) is 18.3. The third kappa shape index (κ3) is 3.19. The van der Waals surface area contributed by atoms with Crippen molar-refractivity contribution in [1.82, 2.24) is 21.1 Å². The number of rotatable bonds is 2. The summed E-state index contributed by atoms with van der Waals surface area (Å²) in [6.45, 7) is 2.28.